The standard InChI is InChI=1S/C13H22N4S/c1-9-10(2)18-12(17-9)6-7-15-13(14)16-8-11-4-3-5-11/h11H,3-8H2,1-2H3,(H3,14,15,16). The van der Waals surface area contributed by atoms with E-state index < -0.39 is 0 Å². The van der Waals surface area contributed by atoms with Crippen LogP contribution in [0, 0.1) is 19.8 Å². The highest BCUT2D eigenvalue weighted by atomic mass is 32.1. The molecule has 18 heavy (non-hydrogen) atoms. The van der Waals surface area contributed by atoms with Crippen LogP contribution in [-0.2, 0) is 6.42 Å². The van der Waals surface area contributed by atoms with Crippen LogP contribution in [0.5, 0.6) is 0 Å². The van der Waals surface area contributed by atoms with Crippen molar-refractivity contribution >= 4 is 17.3 Å². The predicted octanol–water partition coefficient (Wildman–Crippen LogP) is 2.01. The number of rotatable bonds is 5. The van der Waals surface area contributed by atoms with E-state index in [9.17, 15) is 0 Å². The average molecular weight is 266 g/mol. The summed E-state index contributed by atoms with van der Waals surface area (Å²) in [6, 6.07) is 0. The summed E-state index contributed by atoms with van der Waals surface area (Å²) < 4.78 is 0. The minimum atomic E-state index is 0.576. The Bertz CT molecular complexity index is 401. The number of nitrogens with zero attached hydrogens (tertiary/aromatic N) is 2. The van der Waals surface area contributed by atoms with E-state index in [0.717, 1.165) is 31.1 Å². The molecule has 1 fully saturated rings. The first-order valence-electron chi connectivity index (χ1n) is 6.62. The fraction of sp³-hybridized carbons (Fsp3) is 0.692. The van der Waals surface area contributed by atoms with E-state index >= 15 is 0 Å². The van der Waals surface area contributed by atoms with Crippen LogP contribution in [0.3, 0.4) is 0 Å². The van der Waals surface area contributed by atoms with Gasteiger partial charge in [-0.1, -0.05) is 6.42 Å². The van der Waals surface area contributed by atoms with Crippen molar-refractivity contribution in [2.45, 2.75) is 39.5 Å². The normalized spacial score (nSPS) is 16.7. The van der Waals surface area contributed by atoms with Crippen LogP contribution in [0.4, 0.5) is 0 Å². The van der Waals surface area contributed by atoms with Crippen LogP contribution in [-0.4, -0.2) is 24.0 Å². The molecule has 0 spiro atoms. The number of aliphatic imine (C=N–C) groups is 1. The maximum absolute atomic E-state index is 5.82. The van der Waals surface area contributed by atoms with Gasteiger partial charge in [-0.3, -0.25) is 4.99 Å². The number of aromatic nitrogens is 1. The number of guanidine groups is 1. The second-order valence-corrected chi connectivity index (χ2v) is 6.24. The maximum atomic E-state index is 5.82. The van der Waals surface area contributed by atoms with Gasteiger partial charge in [0, 0.05) is 24.4 Å². The van der Waals surface area contributed by atoms with Crippen molar-refractivity contribution in [3.8, 4) is 0 Å². The summed E-state index contributed by atoms with van der Waals surface area (Å²) in [6.45, 7) is 5.86. The highest BCUT2D eigenvalue weighted by Gasteiger charge is 2.16. The summed E-state index contributed by atoms with van der Waals surface area (Å²) in [5.41, 5.74) is 6.96. The van der Waals surface area contributed by atoms with Gasteiger partial charge in [-0.25, -0.2) is 4.98 Å². The van der Waals surface area contributed by atoms with Crippen LogP contribution in [0.25, 0.3) is 0 Å². The lowest BCUT2D eigenvalue weighted by molar-refractivity contribution is 0.326. The molecule has 1 aliphatic rings. The zero-order valence-corrected chi connectivity index (χ0v) is 12.0. The first kappa shape index (κ1) is 13.3. The van der Waals surface area contributed by atoms with Gasteiger partial charge in [-0.2, -0.15) is 0 Å². The molecule has 0 atom stereocenters. The number of hydrogen-bond acceptors (Lipinski definition) is 3. The van der Waals surface area contributed by atoms with Gasteiger partial charge >= 0.3 is 0 Å². The molecule has 0 radical (unpaired) electrons. The third-order valence-corrected chi connectivity index (χ3v) is 4.60. The zero-order valence-electron chi connectivity index (χ0n) is 11.2. The summed E-state index contributed by atoms with van der Waals surface area (Å²) in [6.07, 6.45) is 4.90. The Balaban J connectivity index is 1.67. The van der Waals surface area contributed by atoms with Crippen LogP contribution >= 0.6 is 11.3 Å². The summed E-state index contributed by atoms with van der Waals surface area (Å²) in [5.74, 6) is 1.35. The fourth-order valence-electron chi connectivity index (χ4n) is 1.90. The molecule has 0 amide bonds. The molecule has 0 bridgehead atoms. The van der Waals surface area contributed by atoms with Gasteiger partial charge in [0.2, 0.25) is 0 Å². The number of hydrogen-bond donors (Lipinski definition) is 2. The molecule has 5 heteroatoms. The van der Waals surface area contributed by atoms with E-state index in [-0.39, 0.29) is 0 Å². The summed E-state index contributed by atoms with van der Waals surface area (Å²) in [4.78, 5) is 10.2. The topological polar surface area (TPSA) is 63.3 Å². The van der Waals surface area contributed by atoms with E-state index in [1.165, 1.54) is 29.1 Å². The van der Waals surface area contributed by atoms with Gasteiger partial charge in [-0.15, -0.1) is 11.3 Å². The highest BCUT2D eigenvalue weighted by molar-refractivity contribution is 7.11. The van der Waals surface area contributed by atoms with Gasteiger partial charge in [0.15, 0.2) is 5.96 Å². The molecule has 100 valence electrons. The van der Waals surface area contributed by atoms with Gasteiger partial charge < -0.3 is 11.1 Å². The van der Waals surface area contributed by atoms with Crippen molar-refractivity contribution in [2.24, 2.45) is 16.6 Å². The molecule has 0 unspecified atom stereocenters. The van der Waals surface area contributed by atoms with E-state index in [1.807, 2.05) is 0 Å². The van der Waals surface area contributed by atoms with Crippen molar-refractivity contribution in [3.63, 3.8) is 0 Å². The SMILES string of the molecule is Cc1nc(CCNC(N)=NCC2CCC2)sc1C. The molecule has 1 aromatic rings. The first-order valence-corrected chi connectivity index (χ1v) is 7.43. The molecule has 2 rings (SSSR count). The molecule has 1 heterocycles. The maximum Gasteiger partial charge on any atom is 0.188 e. The minimum Gasteiger partial charge on any atom is -0.370 e. The van der Waals surface area contributed by atoms with Gasteiger partial charge in [0.25, 0.3) is 0 Å². The van der Waals surface area contributed by atoms with E-state index in [0.29, 0.717) is 5.96 Å². The molecule has 0 saturated heterocycles. The second-order valence-electron chi connectivity index (χ2n) is 4.95. The molecule has 1 saturated carbocycles. The summed E-state index contributed by atoms with van der Waals surface area (Å²) >= 11 is 1.77. The lowest BCUT2D eigenvalue weighted by Crippen LogP contribution is -2.34. The first-order chi connectivity index (χ1) is 8.65. The lowest BCUT2D eigenvalue weighted by atomic mass is 9.86. The van der Waals surface area contributed by atoms with E-state index in [1.54, 1.807) is 11.3 Å². The Morgan fingerprint density at radius 3 is 2.83 bits per heavy atom. The summed E-state index contributed by atoms with van der Waals surface area (Å²) in [5, 5.41) is 4.33. The third-order valence-electron chi connectivity index (χ3n) is 3.46. The van der Waals surface area contributed by atoms with Crippen molar-refractivity contribution in [3.05, 3.63) is 15.6 Å². The Labute approximate surface area is 113 Å². The smallest absolute Gasteiger partial charge is 0.188 e. The van der Waals surface area contributed by atoms with Crippen LogP contribution in [0.15, 0.2) is 4.99 Å². The monoisotopic (exact) mass is 266 g/mol. The van der Waals surface area contributed by atoms with E-state index in [2.05, 4.69) is 29.1 Å². The van der Waals surface area contributed by atoms with Crippen LogP contribution < -0.4 is 11.1 Å². The molecule has 1 aliphatic carbocycles. The molecule has 3 N–H and O–H groups in total. The van der Waals surface area contributed by atoms with Crippen molar-refractivity contribution < 1.29 is 0 Å². The Morgan fingerprint density at radius 2 is 2.28 bits per heavy atom. The van der Waals surface area contributed by atoms with E-state index in [4.69, 9.17) is 5.73 Å². The summed E-state index contributed by atoms with van der Waals surface area (Å²) in [7, 11) is 0. The van der Waals surface area contributed by atoms with Crippen molar-refractivity contribution in [1.82, 2.24) is 10.3 Å². The van der Waals surface area contributed by atoms with Gasteiger partial charge in [-0.05, 0) is 32.6 Å². The fourth-order valence-corrected chi connectivity index (χ4v) is 2.84. The minimum absolute atomic E-state index is 0.576. The third kappa shape index (κ3) is 3.70. The molecular weight excluding hydrogens is 244 g/mol. The number of nitrogens with two attached hydrogens (primary N) is 1. The van der Waals surface area contributed by atoms with Crippen molar-refractivity contribution in [2.75, 3.05) is 13.1 Å². The molecule has 0 aromatic carbocycles. The zero-order chi connectivity index (χ0) is 13.0. The predicted molar refractivity (Wildman–Crippen MR) is 77.1 cm³/mol. The molecule has 1 aromatic heterocycles. The van der Waals surface area contributed by atoms with Crippen LogP contribution in [0.1, 0.15) is 34.8 Å². The second kappa shape index (κ2) is 6.18. The average Bonchev–Trinajstić information content (AvgIpc) is 2.56. The number of nitrogens with one attached hydrogen (secondary N) is 1. The lowest BCUT2D eigenvalue weighted by Gasteiger charge is -2.23. The van der Waals surface area contributed by atoms with Gasteiger partial charge in [0.05, 0.1) is 10.7 Å². The quantitative estimate of drug-likeness (QED) is 0.633. The molecule has 4 nitrogen and oxygen atoms in total. The largest absolute Gasteiger partial charge is 0.370 e. The van der Waals surface area contributed by atoms with Crippen molar-refractivity contribution in [1.29, 1.82) is 0 Å². The Hall–Kier alpha value is -1.10. The molecular formula is C13H22N4S. The van der Waals surface area contributed by atoms with Gasteiger partial charge in [0.1, 0.15) is 0 Å². The van der Waals surface area contributed by atoms with Crippen LogP contribution in [0.2, 0.25) is 0 Å². The Kier molecular flexibility index (Phi) is 4.58. The number of aryl methyl sites for hydroxylation is 2. The number of thiazole rings is 1. The highest BCUT2D eigenvalue weighted by Crippen LogP contribution is 2.26. The molecule has 0 aliphatic heterocycles. The Morgan fingerprint density at radius 1 is 1.50 bits per heavy atom.